The van der Waals surface area contributed by atoms with E-state index in [0.29, 0.717) is 0 Å². The van der Waals surface area contributed by atoms with Crippen LogP contribution in [-0.4, -0.2) is 30.4 Å². The monoisotopic (exact) mass is 373 g/mol. The molecule has 1 heterocycles. The van der Waals surface area contributed by atoms with Crippen molar-refractivity contribution in [2.45, 2.75) is 51.0 Å². The molecule has 5 nitrogen and oxygen atoms in total. The van der Waals surface area contributed by atoms with Crippen molar-refractivity contribution < 1.29 is 78.5 Å². The van der Waals surface area contributed by atoms with Gasteiger partial charge in [0.05, 0.1) is 11.4 Å². The summed E-state index contributed by atoms with van der Waals surface area (Å²) in [4.78, 5) is 22.4. The van der Waals surface area contributed by atoms with Crippen LogP contribution in [-0.2, 0) is 9.59 Å². The number of carbonyl (C=O) groups excluding carboxylic acids is 2. The van der Waals surface area contributed by atoms with E-state index in [1.165, 1.54) is 12.8 Å². The largest absolute Gasteiger partial charge is 1.00 e. The average Bonchev–Trinajstić information content (AvgIpc) is 2.76. The summed E-state index contributed by atoms with van der Waals surface area (Å²) < 4.78 is 0. The Morgan fingerprint density at radius 3 is 2.39 bits per heavy atom. The van der Waals surface area contributed by atoms with Crippen molar-refractivity contribution in [1.29, 1.82) is 0 Å². The molecule has 0 aromatic heterocycles. The molecule has 98 valence electrons. The van der Waals surface area contributed by atoms with Crippen LogP contribution >= 0.6 is 0 Å². The Morgan fingerprint density at radius 2 is 1.94 bits per heavy atom. The van der Waals surface area contributed by atoms with E-state index in [9.17, 15) is 9.59 Å². The second kappa shape index (κ2) is 9.79. The average molecular weight is 373 g/mol. The number of hydrogen-bond acceptors (Lipinski definition) is 3. The van der Waals surface area contributed by atoms with Crippen LogP contribution in [0.4, 0.5) is 0 Å². The predicted molar refractivity (Wildman–Crippen MR) is 66.5 cm³/mol. The van der Waals surface area contributed by atoms with Crippen LogP contribution < -0.4 is 79.9 Å². The van der Waals surface area contributed by atoms with E-state index in [1.807, 2.05) is 0 Å². The quantitative estimate of drug-likeness (QED) is 0.592. The van der Waals surface area contributed by atoms with Crippen molar-refractivity contribution in [3.05, 3.63) is 5.32 Å². The summed E-state index contributed by atoms with van der Waals surface area (Å²) in [6, 6.07) is 0. The molecule has 2 amide bonds. The number of hydrogen-bond donors (Lipinski definition) is 2. The number of unbranched alkanes of at least 4 members (excludes halogenated alkanes) is 1. The fraction of sp³-hybridized carbons (Fsp3) is 0.833. The first kappa shape index (κ1) is 19.0. The summed E-state index contributed by atoms with van der Waals surface area (Å²) >= 11 is 0. The van der Waals surface area contributed by atoms with Gasteiger partial charge in [0, 0.05) is 0 Å². The van der Waals surface area contributed by atoms with Gasteiger partial charge in [-0.05, 0) is 32.4 Å². The third kappa shape index (κ3) is 5.52. The number of carbonyl (C=O) groups is 2. The van der Waals surface area contributed by atoms with Gasteiger partial charge in [-0.3, -0.25) is 4.79 Å². The molecule has 1 spiro atoms. The van der Waals surface area contributed by atoms with Gasteiger partial charge in [0.2, 0.25) is 5.91 Å². The molecule has 0 aromatic carbocycles. The van der Waals surface area contributed by atoms with Gasteiger partial charge >= 0.3 is 68.9 Å². The summed E-state index contributed by atoms with van der Waals surface area (Å²) in [5.74, 6) is -0.240. The van der Waals surface area contributed by atoms with Gasteiger partial charge in [-0.25, -0.2) is 0 Å². The first-order valence-electron chi connectivity index (χ1n) is 6.37. The van der Waals surface area contributed by atoms with Crippen molar-refractivity contribution in [3.8, 4) is 0 Å². The first-order valence-corrected chi connectivity index (χ1v) is 6.37. The Hall–Kier alpha value is 0.952. The van der Waals surface area contributed by atoms with E-state index in [2.05, 4.69) is 17.6 Å². The fourth-order valence-corrected chi connectivity index (χ4v) is 2.18. The van der Waals surface area contributed by atoms with Gasteiger partial charge in [-0.2, -0.15) is 0 Å². The Kier molecular flexibility index (Phi) is 10.3. The molecule has 0 unspecified atom stereocenters. The van der Waals surface area contributed by atoms with Gasteiger partial charge < -0.3 is 21.2 Å². The minimum absolute atomic E-state index is 0. The van der Waals surface area contributed by atoms with Crippen LogP contribution in [0.3, 0.4) is 0 Å². The zero-order chi connectivity index (χ0) is 12.7. The molecule has 1 saturated heterocycles. The summed E-state index contributed by atoms with van der Waals surface area (Å²) in [6.45, 7) is 2.99. The van der Waals surface area contributed by atoms with Crippen LogP contribution in [0, 0.1) is 0 Å². The van der Waals surface area contributed by atoms with E-state index < -0.39 is 5.54 Å². The Bertz CT molecular complexity index is 276. The van der Waals surface area contributed by atoms with Crippen molar-refractivity contribution in [2.24, 2.45) is 5.73 Å². The Labute approximate surface area is 168 Å². The minimum atomic E-state index is -0.602. The first-order chi connectivity index (χ1) is 8.14. The maximum atomic E-state index is 11.4. The number of piperazine rings is 1. The second-order valence-corrected chi connectivity index (χ2v) is 4.60. The molecule has 3 N–H and O–H groups in total. The van der Waals surface area contributed by atoms with Gasteiger partial charge in [0.1, 0.15) is 0 Å². The maximum absolute atomic E-state index is 11.4. The SMILES string of the molecule is CCCCN.O=C1C[N-]C(=O)C2(CCCC2)N1.[Cs+]. The van der Waals surface area contributed by atoms with Crippen LogP contribution in [0.5, 0.6) is 0 Å². The molecule has 0 radical (unpaired) electrons. The van der Waals surface area contributed by atoms with E-state index >= 15 is 0 Å². The molecule has 1 aliphatic heterocycles. The summed E-state index contributed by atoms with van der Waals surface area (Å²) in [5.41, 5.74) is 4.54. The predicted octanol–water partition coefficient (Wildman–Crippen LogP) is -1.92. The Morgan fingerprint density at radius 1 is 1.33 bits per heavy atom. The third-order valence-corrected chi connectivity index (χ3v) is 3.17. The molecular weight excluding hydrogens is 351 g/mol. The van der Waals surface area contributed by atoms with Crippen LogP contribution in [0.15, 0.2) is 0 Å². The molecular formula is C12H22CsN3O2. The molecule has 2 rings (SSSR count). The van der Waals surface area contributed by atoms with Crippen molar-refractivity contribution in [1.82, 2.24) is 5.32 Å². The van der Waals surface area contributed by atoms with E-state index in [-0.39, 0.29) is 87.3 Å². The Balaban J connectivity index is 0.000000421. The molecule has 0 bridgehead atoms. The van der Waals surface area contributed by atoms with Crippen molar-refractivity contribution in [2.75, 3.05) is 13.1 Å². The summed E-state index contributed by atoms with van der Waals surface area (Å²) in [6.07, 6.45) is 5.95. The van der Waals surface area contributed by atoms with Crippen LogP contribution in [0.2, 0.25) is 0 Å². The number of nitrogens with two attached hydrogens (primary N) is 1. The normalized spacial score (nSPS) is 20.3. The molecule has 1 saturated carbocycles. The molecule has 0 aromatic rings. The molecule has 18 heavy (non-hydrogen) atoms. The zero-order valence-electron chi connectivity index (χ0n) is 11.5. The van der Waals surface area contributed by atoms with Gasteiger partial charge in [0.25, 0.3) is 0 Å². The van der Waals surface area contributed by atoms with Crippen LogP contribution in [0.25, 0.3) is 5.32 Å². The number of nitrogens with one attached hydrogen (secondary N) is 1. The smallest absolute Gasteiger partial charge is 0.644 e. The van der Waals surface area contributed by atoms with Gasteiger partial charge in [-0.15, -0.1) is 0 Å². The summed E-state index contributed by atoms with van der Waals surface area (Å²) in [7, 11) is 0. The number of rotatable bonds is 2. The van der Waals surface area contributed by atoms with E-state index in [4.69, 9.17) is 5.73 Å². The molecule has 0 atom stereocenters. The molecule has 2 aliphatic rings. The van der Waals surface area contributed by atoms with Gasteiger partial charge in [0.15, 0.2) is 0 Å². The fourth-order valence-electron chi connectivity index (χ4n) is 2.18. The topological polar surface area (TPSA) is 86.3 Å². The van der Waals surface area contributed by atoms with Crippen molar-refractivity contribution >= 4 is 11.8 Å². The number of nitrogens with zero attached hydrogens (tertiary/aromatic N) is 1. The number of amides is 2. The van der Waals surface area contributed by atoms with Gasteiger partial charge in [-0.1, -0.05) is 26.2 Å². The second-order valence-electron chi connectivity index (χ2n) is 4.60. The minimum Gasteiger partial charge on any atom is -0.644 e. The summed E-state index contributed by atoms with van der Waals surface area (Å²) in [5, 5.41) is 6.45. The van der Waals surface area contributed by atoms with E-state index in [0.717, 1.165) is 32.2 Å². The molecule has 2 fully saturated rings. The standard InChI is InChI=1S/C8H12N2O2.C4H11N.Cs/c11-6-5-9-7(12)8(10-6)3-1-2-4-8;1-2-3-4-5;/h1-5H2,(H2,9,10,11,12);2-5H2,1H3;/q;;+1/p-1. The molecule has 1 aliphatic carbocycles. The third-order valence-electron chi connectivity index (χ3n) is 3.17. The van der Waals surface area contributed by atoms with E-state index in [1.54, 1.807) is 0 Å². The van der Waals surface area contributed by atoms with Crippen molar-refractivity contribution in [3.63, 3.8) is 0 Å². The maximum Gasteiger partial charge on any atom is 1.00 e. The van der Waals surface area contributed by atoms with Crippen LogP contribution in [0.1, 0.15) is 45.4 Å². The zero-order valence-corrected chi connectivity index (χ0v) is 17.8. The molecule has 6 heteroatoms.